The summed E-state index contributed by atoms with van der Waals surface area (Å²) in [5, 5.41) is 5.41. The van der Waals surface area contributed by atoms with Gasteiger partial charge in [0.15, 0.2) is 5.78 Å². The molecule has 21 heavy (non-hydrogen) atoms. The van der Waals surface area contributed by atoms with Crippen molar-refractivity contribution in [2.45, 2.75) is 40.7 Å². The van der Waals surface area contributed by atoms with Gasteiger partial charge < -0.3 is 10.6 Å². The number of nitrogens with one attached hydrogen (secondary N) is 2. The molecule has 0 aromatic heterocycles. The highest BCUT2D eigenvalue weighted by atomic mass is 16.2. The second kappa shape index (κ2) is 6.52. The zero-order valence-corrected chi connectivity index (χ0v) is 13.1. The standard InChI is InChI=1S/C16H22N2O3/c1-10(2)17-14(20)16(4,5)15(21)18-13-8-6-7-12(9-13)11(3)19/h6-10H,1-5H3,(H,17,20)(H,18,21). The van der Waals surface area contributed by atoms with Gasteiger partial charge in [-0.25, -0.2) is 0 Å². The first-order chi connectivity index (χ1) is 9.64. The van der Waals surface area contributed by atoms with Gasteiger partial charge >= 0.3 is 0 Å². The third-order valence-electron chi connectivity index (χ3n) is 3.08. The van der Waals surface area contributed by atoms with Gasteiger partial charge in [-0.3, -0.25) is 14.4 Å². The first-order valence-corrected chi connectivity index (χ1v) is 6.88. The predicted octanol–water partition coefficient (Wildman–Crippen LogP) is 2.38. The van der Waals surface area contributed by atoms with Gasteiger partial charge in [-0.1, -0.05) is 12.1 Å². The molecule has 0 radical (unpaired) electrons. The summed E-state index contributed by atoms with van der Waals surface area (Å²) >= 11 is 0. The number of carbonyl (C=O) groups is 3. The summed E-state index contributed by atoms with van der Waals surface area (Å²) in [4.78, 5) is 35.7. The van der Waals surface area contributed by atoms with Crippen LogP contribution in [0.3, 0.4) is 0 Å². The summed E-state index contributed by atoms with van der Waals surface area (Å²) in [5.74, 6) is -0.831. The Bertz CT molecular complexity index is 562. The maximum atomic E-state index is 12.3. The van der Waals surface area contributed by atoms with Crippen LogP contribution in [0.1, 0.15) is 45.0 Å². The fraction of sp³-hybridized carbons (Fsp3) is 0.438. The SMILES string of the molecule is CC(=O)c1cccc(NC(=O)C(C)(C)C(=O)NC(C)C)c1. The molecule has 1 rings (SSSR count). The van der Waals surface area contributed by atoms with Crippen LogP contribution in [0, 0.1) is 5.41 Å². The summed E-state index contributed by atoms with van der Waals surface area (Å²) < 4.78 is 0. The molecule has 0 bridgehead atoms. The molecular formula is C16H22N2O3. The summed E-state index contributed by atoms with van der Waals surface area (Å²) in [6.07, 6.45) is 0. The number of ketones is 1. The fourth-order valence-electron chi connectivity index (χ4n) is 1.65. The monoisotopic (exact) mass is 290 g/mol. The van der Waals surface area contributed by atoms with E-state index in [1.807, 2.05) is 13.8 Å². The molecule has 0 atom stereocenters. The summed E-state index contributed by atoms with van der Waals surface area (Å²) in [7, 11) is 0. The van der Waals surface area contributed by atoms with E-state index in [9.17, 15) is 14.4 Å². The normalized spacial score (nSPS) is 11.1. The molecule has 2 N–H and O–H groups in total. The van der Waals surface area contributed by atoms with E-state index in [2.05, 4.69) is 10.6 Å². The Labute approximate surface area is 125 Å². The quantitative estimate of drug-likeness (QED) is 0.646. The molecule has 0 aliphatic heterocycles. The van der Waals surface area contributed by atoms with E-state index in [0.29, 0.717) is 11.3 Å². The second-order valence-electron chi connectivity index (χ2n) is 5.84. The molecule has 0 aliphatic carbocycles. The van der Waals surface area contributed by atoms with Gasteiger partial charge in [-0.15, -0.1) is 0 Å². The molecule has 5 heteroatoms. The molecular weight excluding hydrogens is 268 g/mol. The minimum Gasteiger partial charge on any atom is -0.353 e. The first kappa shape index (κ1) is 16.9. The number of hydrogen-bond acceptors (Lipinski definition) is 3. The van der Waals surface area contributed by atoms with E-state index < -0.39 is 11.3 Å². The van der Waals surface area contributed by atoms with Crippen LogP contribution in [0.2, 0.25) is 0 Å². The first-order valence-electron chi connectivity index (χ1n) is 6.88. The van der Waals surface area contributed by atoms with Gasteiger partial charge in [-0.05, 0) is 46.8 Å². The predicted molar refractivity (Wildman–Crippen MR) is 82.1 cm³/mol. The van der Waals surface area contributed by atoms with Crippen molar-refractivity contribution in [1.82, 2.24) is 5.32 Å². The van der Waals surface area contributed by atoms with Crippen LogP contribution in [0.15, 0.2) is 24.3 Å². The molecule has 0 saturated heterocycles. The zero-order valence-electron chi connectivity index (χ0n) is 13.1. The molecule has 0 aliphatic rings. The lowest BCUT2D eigenvalue weighted by molar-refractivity contribution is -0.138. The molecule has 0 saturated carbocycles. The Morgan fingerprint density at radius 3 is 2.24 bits per heavy atom. The van der Waals surface area contributed by atoms with Crippen molar-refractivity contribution in [1.29, 1.82) is 0 Å². The summed E-state index contributed by atoms with van der Waals surface area (Å²) in [6.45, 7) is 8.26. The number of rotatable bonds is 5. The Kier molecular flexibility index (Phi) is 5.24. The molecule has 2 amide bonds. The van der Waals surface area contributed by atoms with Crippen molar-refractivity contribution < 1.29 is 14.4 Å². The highest BCUT2D eigenvalue weighted by Gasteiger charge is 2.36. The smallest absolute Gasteiger partial charge is 0.239 e. The highest BCUT2D eigenvalue weighted by Crippen LogP contribution is 2.20. The van der Waals surface area contributed by atoms with E-state index in [1.165, 1.54) is 6.92 Å². The Balaban J connectivity index is 2.87. The van der Waals surface area contributed by atoms with E-state index in [0.717, 1.165) is 0 Å². The molecule has 1 aromatic carbocycles. The highest BCUT2D eigenvalue weighted by molar-refractivity contribution is 6.10. The van der Waals surface area contributed by atoms with Gasteiger partial charge in [0.1, 0.15) is 5.41 Å². The molecule has 1 aromatic rings. The second-order valence-corrected chi connectivity index (χ2v) is 5.84. The average Bonchev–Trinajstić information content (AvgIpc) is 2.37. The van der Waals surface area contributed by atoms with Crippen molar-refractivity contribution in [2.24, 2.45) is 5.41 Å². The van der Waals surface area contributed by atoms with Crippen LogP contribution in [0.25, 0.3) is 0 Å². The summed E-state index contributed by atoms with van der Waals surface area (Å²) in [6, 6.07) is 6.60. The number of hydrogen-bond donors (Lipinski definition) is 2. The van der Waals surface area contributed by atoms with Crippen LogP contribution in [0.4, 0.5) is 5.69 Å². The Morgan fingerprint density at radius 2 is 1.71 bits per heavy atom. The van der Waals surface area contributed by atoms with Crippen LogP contribution < -0.4 is 10.6 Å². The number of amides is 2. The van der Waals surface area contributed by atoms with Crippen LogP contribution in [-0.2, 0) is 9.59 Å². The third kappa shape index (κ3) is 4.41. The molecule has 0 spiro atoms. The maximum absolute atomic E-state index is 12.3. The van der Waals surface area contributed by atoms with Crippen molar-refractivity contribution in [3.63, 3.8) is 0 Å². The van der Waals surface area contributed by atoms with Crippen LogP contribution in [-0.4, -0.2) is 23.6 Å². The minimum absolute atomic E-state index is 0.0365. The van der Waals surface area contributed by atoms with Crippen LogP contribution >= 0.6 is 0 Å². The fourth-order valence-corrected chi connectivity index (χ4v) is 1.65. The van der Waals surface area contributed by atoms with Crippen molar-refractivity contribution >= 4 is 23.3 Å². The molecule has 0 unspecified atom stereocenters. The van der Waals surface area contributed by atoms with Gasteiger partial charge in [0.05, 0.1) is 0 Å². The Hall–Kier alpha value is -2.17. The lowest BCUT2D eigenvalue weighted by atomic mass is 9.90. The average molecular weight is 290 g/mol. The van der Waals surface area contributed by atoms with E-state index in [4.69, 9.17) is 0 Å². The largest absolute Gasteiger partial charge is 0.353 e. The number of benzene rings is 1. The summed E-state index contributed by atoms with van der Waals surface area (Å²) in [5.41, 5.74) is -0.188. The van der Waals surface area contributed by atoms with Crippen molar-refractivity contribution in [3.8, 4) is 0 Å². The van der Waals surface area contributed by atoms with Gasteiger partial charge in [0, 0.05) is 17.3 Å². The molecule has 114 valence electrons. The number of Topliss-reactive ketones (excluding diaryl/α,β-unsaturated/α-hetero) is 1. The third-order valence-corrected chi connectivity index (χ3v) is 3.08. The van der Waals surface area contributed by atoms with Crippen molar-refractivity contribution in [3.05, 3.63) is 29.8 Å². The van der Waals surface area contributed by atoms with E-state index in [-0.39, 0.29) is 17.7 Å². The van der Waals surface area contributed by atoms with Gasteiger partial charge in [0.2, 0.25) is 11.8 Å². The lowest BCUT2D eigenvalue weighted by Gasteiger charge is -2.24. The lowest BCUT2D eigenvalue weighted by Crippen LogP contribution is -2.47. The van der Waals surface area contributed by atoms with E-state index >= 15 is 0 Å². The molecule has 0 fully saturated rings. The van der Waals surface area contributed by atoms with Gasteiger partial charge in [0.25, 0.3) is 0 Å². The number of anilines is 1. The number of carbonyl (C=O) groups excluding carboxylic acids is 3. The molecule has 5 nitrogen and oxygen atoms in total. The van der Waals surface area contributed by atoms with Crippen molar-refractivity contribution in [2.75, 3.05) is 5.32 Å². The minimum atomic E-state index is -1.20. The zero-order chi connectivity index (χ0) is 16.2. The van der Waals surface area contributed by atoms with Gasteiger partial charge in [-0.2, -0.15) is 0 Å². The topological polar surface area (TPSA) is 75.3 Å². The van der Waals surface area contributed by atoms with Crippen LogP contribution in [0.5, 0.6) is 0 Å². The Morgan fingerprint density at radius 1 is 1.10 bits per heavy atom. The van der Waals surface area contributed by atoms with E-state index in [1.54, 1.807) is 38.1 Å². The molecule has 0 heterocycles. The maximum Gasteiger partial charge on any atom is 0.239 e.